The fourth-order valence-corrected chi connectivity index (χ4v) is 4.94. The van der Waals surface area contributed by atoms with Crippen molar-refractivity contribution in [3.8, 4) is 0 Å². The number of carbonyl (C=O) groups excluding carboxylic acids is 1. The molecule has 4 nitrogen and oxygen atoms in total. The van der Waals surface area contributed by atoms with Gasteiger partial charge in [-0.1, -0.05) is 12.8 Å². The van der Waals surface area contributed by atoms with E-state index in [1.807, 2.05) is 0 Å². The van der Waals surface area contributed by atoms with Gasteiger partial charge in [-0.05, 0) is 57.4 Å². The van der Waals surface area contributed by atoms with Crippen molar-refractivity contribution in [3.05, 3.63) is 12.3 Å². The predicted molar refractivity (Wildman–Crippen MR) is 79.9 cm³/mol. The average molecular weight is 292 g/mol. The van der Waals surface area contributed by atoms with Gasteiger partial charge in [-0.15, -0.1) is 0 Å². The van der Waals surface area contributed by atoms with Crippen molar-refractivity contribution in [3.63, 3.8) is 0 Å². The number of aliphatic carboxylic acids is 1. The molecule has 0 bridgehead atoms. The van der Waals surface area contributed by atoms with E-state index in [0.717, 1.165) is 25.7 Å². The Morgan fingerprint density at radius 1 is 0.952 bits per heavy atom. The summed E-state index contributed by atoms with van der Waals surface area (Å²) in [7, 11) is 0. The first-order valence-electron chi connectivity index (χ1n) is 8.75. The summed E-state index contributed by atoms with van der Waals surface area (Å²) < 4.78 is 0.627. The maximum atomic E-state index is 11.8. The molecule has 2 saturated carbocycles. The molecule has 0 radical (unpaired) electrons. The van der Waals surface area contributed by atoms with Crippen LogP contribution in [0.3, 0.4) is 0 Å². The lowest BCUT2D eigenvalue weighted by molar-refractivity contribution is -0.951. The Labute approximate surface area is 127 Å². The summed E-state index contributed by atoms with van der Waals surface area (Å²) in [5.74, 6) is -0.921. The van der Waals surface area contributed by atoms with Gasteiger partial charge >= 0.3 is 0 Å². The van der Waals surface area contributed by atoms with E-state index in [1.54, 1.807) is 0 Å². The van der Waals surface area contributed by atoms with E-state index in [-0.39, 0.29) is 0 Å². The molecule has 4 heteroatoms. The first-order valence-corrected chi connectivity index (χ1v) is 8.75. The Balaban J connectivity index is 1.96. The number of carbonyl (C=O) groups is 1. The largest absolute Gasteiger partial charge is 0.543 e. The number of nitrogens with one attached hydrogen (secondary N) is 1. The van der Waals surface area contributed by atoms with Gasteiger partial charge in [0.15, 0.2) is 6.17 Å². The molecular formula is C17H28N2O2. The van der Waals surface area contributed by atoms with E-state index < -0.39 is 12.1 Å². The first-order chi connectivity index (χ1) is 10.2. The van der Waals surface area contributed by atoms with Crippen LogP contribution in [0.4, 0.5) is 0 Å². The molecule has 3 rings (SSSR count). The summed E-state index contributed by atoms with van der Waals surface area (Å²) in [6, 6.07) is 0.905. The lowest BCUT2D eigenvalue weighted by Gasteiger charge is -2.55. The zero-order valence-corrected chi connectivity index (χ0v) is 12.9. The average Bonchev–Trinajstić information content (AvgIpc) is 2.56. The quantitative estimate of drug-likeness (QED) is 0.805. The SMILES string of the molecule is O=C([O-])C1NCC=C[N+]1(C1CCCCC1)C1CCCCC1. The Morgan fingerprint density at radius 2 is 1.48 bits per heavy atom. The molecular weight excluding hydrogens is 264 g/mol. The van der Waals surface area contributed by atoms with Crippen molar-refractivity contribution in [2.75, 3.05) is 6.54 Å². The standard InChI is InChI=1S/C17H28N2O2/c20-17(21)16-18-12-7-13-19(16,14-8-3-1-4-9-14)15-10-5-2-6-11-15/h7,13-16,18H,1-6,8-12H2. The highest BCUT2D eigenvalue weighted by atomic mass is 16.4. The molecule has 3 aliphatic rings. The highest BCUT2D eigenvalue weighted by molar-refractivity contribution is 5.69. The molecule has 1 N–H and O–H groups in total. The third-order valence-electron chi connectivity index (χ3n) is 5.88. The van der Waals surface area contributed by atoms with Crippen molar-refractivity contribution in [2.24, 2.45) is 0 Å². The second kappa shape index (κ2) is 6.49. The van der Waals surface area contributed by atoms with Crippen molar-refractivity contribution in [1.29, 1.82) is 0 Å². The van der Waals surface area contributed by atoms with Crippen molar-refractivity contribution in [1.82, 2.24) is 5.32 Å². The highest BCUT2D eigenvalue weighted by Gasteiger charge is 2.50. The van der Waals surface area contributed by atoms with Crippen LogP contribution in [0, 0.1) is 0 Å². The summed E-state index contributed by atoms with van der Waals surface area (Å²) in [6.07, 6.45) is 16.0. The highest BCUT2D eigenvalue weighted by Crippen LogP contribution is 2.40. The van der Waals surface area contributed by atoms with Gasteiger partial charge in [0.1, 0.15) is 5.97 Å². The molecule has 118 valence electrons. The summed E-state index contributed by atoms with van der Waals surface area (Å²) in [4.78, 5) is 11.8. The molecule has 21 heavy (non-hydrogen) atoms. The van der Waals surface area contributed by atoms with Crippen LogP contribution in [-0.4, -0.2) is 35.2 Å². The van der Waals surface area contributed by atoms with E-state index in [4.69, 9.17) is 0 Å². The minimum atomic E-state index is -0.921. The normalized spacial score (nSPS) is 31.1. The maximum absolute atomic E-state index is 11.8. The summed E-state index contributed by atoms with van der Waals surface area (Å²) >= 11 is 0. The molecule has 2 fully saturated rings. The molecule has 0 aromatic rings. The third kappa shape index (κ3) is 2.76. The van der Waals surface area contributed by atoms with Gasteiger partial charge < -0.3 is 9.90 Å². The molecule has 1 aliphatic heterocycles. The van der Waals surface area contributed by atoms with Gasteiger partial charge in [-0.3, -0.25) is 9.80 Å². The monoisotopic (exact) mass is 292 g/mol. The van der Waals surface area contributed by atoms with Crippen molar-refractivity contribution < 1.29 is 14.4 Å². The Kier molecular flexibility index (Phi) is 4.65. The number of hydrogen-bond donors (Lipinski definition) is 1. The van der Waals surface area contributed by atoms with Crippen LogP contribution < -0.4 is 10.4 Å². The molecule has 0 aromatic heterocycles. The Morgan fingerprint density at radius 3 is 1.95 bits per heavy atom. The van der Waals surface area contributed by atoms with Gasteiger partial charge in [0.05, 0.1) is 18.3 Å². The lowest BCUT2D eigenvalue weighted by Crippen LogP contribution is -2.73. The summed E-state index contributed by atoms with van der Waals surface area (Å²) in [6.45, 7) is 0.651. The van der Waals surface area contributed by atoms with E-state index in [9.17, 15) is 9.90 Å². The topological polar surface area (TPSA) is 52.2 Å². The Hall–Kier alpha value is -0.870. The predicted octanol–water partition coefficient (Wildman–Crippen LogP) is 1.66. The molecule has 1 unspecified atom stereocenters. The molecule has 0 aromatic carbocycles. The number of carboxylic acid groups (broad SMARTS) is 1. The van der Waals surface area contributed by atoms with Crippen LogP contribution in [-0.2, 0) is 4.79 Å². The van der Waals surface area contributed by atoms with Crippen LogP contribution in [0.1, 0.15) is 64.2 Å². The van der Waals surface area contributed by atoms with E-state index in [1.165, 1.54) is 38.5 Å². The van der Waals surface area contributed by atoms with E-state index in [2.05, 4.69) is 17.6 Å². The van der Waals surface area contributed by atoms with Gasteiger partial charge in [-0.2, -0.15) is 0 Å². The number of hydrogen-bond acceptors (Lipinski definition) is 3. The van der Waals surface area contributed by atoms with Crippen molar-refractivity contribution in [2.45, 2.75) is 82.5 Å². The molecule has 1 heterocycles. The van der Waals surface area contributed by atoms with Gasteiger partial charge in [0, 0.05) is 6.54 Å². The third-order valence-corrected chi connectivity index (χ3v) is 5.88. The summed E-state index contributed by atoms with van der Waals surface area (Å²) in [5.41, 5.74) is 0. The van der Waals surface area contributed by atoms with Crippen LogP contribution in [0.15, 0.2) is 12.3 Å². The molecule has 1 atom stereocenters. The van der Waals surface area contributed by atoms with Gasteiger partial charge in [-0.25, -0.2) is 0 Å². The second-order valence-electron chi connectivity index (χ2n) is 6.99. The zero-order chi connectivity index (χ0) is 14.7. The zero-order valence-electron chi connectivity index (χ0n) is 12.9. The van der Waals surface area contributed by atoms with E-state index in [0.29, 0.717) is 23.1 Å². The van der Waals surface area contributed by atoms with Gasteiger partial charge in [0.25, 0.3) is 0 Å². The lowest BCUT2D eigenvalue weighted by atomic mass is 9.84. The first kappa shape index (κ1) is 15.0. The molecule has 0 spiro atoms. The van der Waals surface area contributed by atoms with E-state index >= 15 is 0 Å². The van der Waals surface area contributed by atoms with Crippen LogP contribution in [0.2, 0.25) is 0 Å². The summed E-state index contributed by atoms with van der Waals surface area (Å²) in [5, 5.41) is 15.1. The molecule has 0 saturated heterocycles. The minimum Gasteiger partial charge on any atom is -0.543 e. The van der Waals surface area contributed by atoms with Crippen LogP contribution in [0.25, 0.3) is 0 Å². The maximum Gasteiger partial charge on any atom is 0.188 e. The smallest absolute Gasteiger partial charge is 0.188 e. The van der Waals surface area contributed by atoms with Crippen molar-refractivity contribution >= 4 is 5.97 Å². The fourth-order valence-electron chi connectivity index (χ4n) is 4.94. The number of carboxylic acids is 1. The minimum absolute atomic E-state index is 0.453. The molecule has 0 amide bonds. The van der Waals surface area contributed by atoms with Gasteiger partial charge in [0.2, 0.25) is 0 Å². The van der Waals surface area contributed by atoms with Crippen LogP contribution in [0.5, 0.6) is 0 Å². The second-order valence-corrected chi connectivity index (χ2v) is 6.99. The number of rotatable bonds is 3. The Bertz CT molecular complexity index is 378. The number of nitrogens with zero attached hydrogens (tertiary/aromatic N) is 1. The molecule has 2 aliphatic carbocycles. The number of quaternary nitrogens is 1. The fraction of sp³-hybridized carbons (Fsp3) is 0.824. The van der Waals surface area contributed by atoms with Crippen LogP contribution >= 0.6 is 0 Å².